The molecule has 0 aliphatic rings. The number of carboxylic acids is 1. The minimum atomic E-state index is -0.922. The zero-order valence-corrected chi connectivity index (χ0v) is 13.9. The monoisotopic (exact) mass is 338 g/mol. The van der Waals surface area contributed by atoms with Gasteiger partial charge in [0, 0.05) is 12.1 Å². The highest BCUT2D eigenvalue weighted by molar-refractivity contribution is 5.94. The van der Waals surface area contributed by atoms with Crippen molar-refractivity contribution in [2.75, 3.05) is 20.3 Å². The SMILES string of the molecule is COc1cc(C(=O)NCCC(C)(C)C(=O)O)ccc1OCC(N)=O. The lowest BCUT2D eigenvalue weighted by Crippen LogP contribution is -2.31. The number of hydrogen-bond acceptors (Lipinski definition) is 5. The number of amides is 2. The second kappa shape index (κ2) is 8.19. The van der Waals surface area contributed by atoms with Crippen molar-refractivity contribution < 1.29 is 29.0 Å². The van der Waals surface area contributed by atoms with E-state index in [0.717, 1.165) is 0 Å². The van der Waals surface area contributed by atoms with Crippen LogP contribution in [-0.4, -0.2) is 43.2 Å². The average Bonchev–Trinajstić information content (AvgIpc) is 2.52. The maximum Gasteiger partial charge on any atom is 0.309 e. The summed E-state index contributed by atoms with van der Waals surface area (Å²) in [5.41, 5.74) is 4.42. The number of nitrogens with two attached hydrogens (primary N) is 1. The van der Waals surface area contributed by atoms with E-state index in [1.165, 1.54) is 25.3 Å². The Morgan fingerprint density at radius 3 is 2.46 bits per heavy atom. The van der Waals surface area contributed by atoms with Gasteiger partial charge in [-0.3, -0.25) is 14.4 Å². The highest BCUT2D eigenvalue weighted by Gasteiger charge is 2.26. The predicted octanol–water partition coefficient (Wildman–Crippen LogP) is 0.790. The molecule has 0 fully saturated rings. The molecule has 1 aromatic rings. The number of primary amides is 1. The number of carboxylic acid groups (broad SMARTS) is 1. The fourth-order valence-corrected chi connectivity index (χ4v) is 1.77. The van der Waals surface area contributed by atoms with Crippen molar-refractivity contribution in [1.29, 1.82) is 0 Å². The Bertz CT molecular complexity index is 627. The summed E-state index contributed by atoms with van der Waals surface area (Å²) in [4.78, 5) is 33.9. The first-order valence-corrected chi connectivity index (χ1v) is 7.28. The van der Waals surface area contributed by atoms with Gasteiger partial charge in [-0.25, -0.2) is 0 Å². The van der Waals surface area contributed by atoms with E-state index in [0.29, 0.717) is 17.7 Å². The maximum absolute atomic E-state index is 12.1. The number of carbonyl (C=O) groups excluding carboxylic acids is 2. The Labute approximate surface area is 139 Å². The summed E-state index contributed by atoms with van der Waals surface area (Å²) < 4.78 is 10.3. The minimum absolute atomic E-state index is 0.223. The van der Waals surface area contributed by atoms with Crippen LogP contribution in [0, 0.1) is 5.41 Å². The summed E-state index contributed by atoms with van der Waals surface area (Å²) >= 11 is 0. The summed E-state index contributed by atoms with van der Waals surface area (Å²) in [6.45, 7) is 3.11. The van der Waals surface area contributed by atoms with Crippen molar-refractivity contribution in [3.05, 3.63) is 23.8 Å². The van der Waals surface area contributed by atoms with Crippen LogP contribution in [-0.2, 0) is 9.59 Å². The predicted molar refractivity (Wildman–Crippen MR) is 86.1 cm³/mol. The van der Waals surface area contributed by atoms with Gasteiger partial charge in [-0.2, -0.15) is 0 Å². The first kappa shape index (κ1) is 19.3. The fraction of sp³-hybridized carbons (Fsp3) is 0.438. The van der Waals surface area contributed by atoms with E-state index in [1.54, 1.807) is 13.8 Å². The number of methoxy groups -OCH3 is 1. The highest BCUT2D eigenvalue weighted by Crippen LogP contribution is 2.28. The van der Waals surface area contributed by atoms with Crippen LogP contribution in [0.5, 0.6) is 11.5 Å². The summed E-state index contributed by atoms with van der Waals surface area (Å²) in [6.07, 6.45) is 0.297. The van der Waals surface area contributed by atoms with Crippen molar-refractivity contribution in [2.24, 2.45) is 11.1 Å². The van der Waals surface area contributed by atoms with Crippen LogP contribution in [0.25, 0.3) is 0 Å². The molecule has 8 nitrogen and oxygen atoms in total. The fourth-order valence-electron chi connectivity index (χ4n) is 1.77. The van der Waals surface area contributed by atoms with Gasteiger partial charge in [0.05, 0.1) is 12.5 Å². The van der Waals surface area contributed by atoms with E-state index in [1.807, 2.05) is 0 Å². The maximum atomic E-state index is 12.1. The van der Waals surface area contributed by atoms with Gasteiger partial charge in [-0.15, -0.1) is 0 Å². The standard InChI is InChI=1S/C16H22N2O6/c1-16(2,15(21)22)6-7-18-14(20)10-4-5-11(12(8-10)23-3)24-9-13(17)19/h4-5,8H,6-7,9H2,1-3H3,(H2,17,19)(H,18,20)(H,21,22). The highest BCUT2D eigenvalue weighted by atomic mass is 16.5. The molecule has 4 N–H and O–H groups in total. The topological polar surface area (TPSA) is 128 Å². The van der Waals surface area contributed by atoms with Gasteiger partial charge in [0.1, 0.15) is 0 Å². The van der Waals surface area contributed by atoms with Crippen molar-refractivity contribution in [3.63, 3.8) is 0 Å². The number of ether oxygens (including phenoxy) is 2. The zero-order valence-electron chi connectivity index (χ0n) is 13.9. The van der Waals surface area contributed by atoms with Crippen LogP contribution in [0.4, 0.5) is 0 Å². The molecular formula is C16H22N2O6. The van der Waals surface area contributed by atoms with E-state index in [2.05, 4.69) is 5.32 Å². The van der Waals surface area contributed by atoms with E-state index in [9.17, 15) is 14.4 Å². The van der Waals surface area contributed by atoms with Crippen molar-refractivity contribution >= 4 is 17.8 Å². The van der Waals surface area contributed by atoms with Gasteiger partial charge in [0.2, 0.25) is 0 Å². The Morgan fingerprint density at radius 1 is 1.25 bits per heavy atom. The molecule has 1 rings (SSSR count). The number of hydrogen-bond donors (Lipinski definition) is 3. The smallest absolute Gasteiger partial charge is 0.309 e. The van der Waals surface area contributed by atoms with Gasteiger partial charge < -0.3 is 25.6 Å². The first-order valence-electron chi connectivity index (χ1n) is 7.28. The lowest BCUT2D eigenvalue weighted by molar-refractivity contribution is -0.147. The number of nitrogens with one attached hydrogen (secondary N) is 1. The van der Waals surface area contributed by atoms with E-state index >= 15 is 0 Å². The molecule has 0 spiro atoms. The lowest BCUT2D eigenvalue weighted by atomic mass is 9.90. The molecule has 0 bridgehead atoms. The molecule has 0 heterocycles. The summed E-state index contributed by atoms with van der Waals surface area (Å²) in [6, 6.07) is 4.47. The average molecular weight is 338 g/mol. The molecular weight excluding hydrogens is 316 g/mol. The van der Waals surface area contributed by atoms with Gasteiger partial charge in [0.25, 0.3) is 11.8 Å². The second-order valence-electron chi connectivity index (χ2n) is 5.82. The van der Waals surface area contributed by atoms with Crippen LogP contribution < -0.4 is 20.5 Å². The molecule has 0 atom stereocenters. The third kappa shape index (κ3) is 5.45. The van der Waals surface area contributed by atoms with Crippen LogP contribution in [0.15, 0.2) is 18.2 Å². The van der Waals surface area contributed by atoms with E-state index in [4.69, 9.17) is 20.3 Å². The molecule has 0 radical (unpaired) electrons. The molecule has 24 heavy (non-hydrogen) atoms. The zero-order chi connectivity index (χ0) is 18.3. The molecule has 0 aliphatic heterocycles. The van der Waals surface area contributed by atoms with Gasteiger partial charge in [-0.1, -0.05) is 0 Å². The molecule has 132 valence electrons. The van der Waals surface area contributed by atoms with Crippen LogP contribution in [0.2, 0.25) is 0 Å². The van der Waals surface area contributed by atoms with E-state index in [-0.39, 0.29) is 24.8 Å². The Hall–Kier alpha value is -2.77. The molecule has 0 unspecified atom stereocenters. The number of aliphatic carboxylic acids is 1. The van der Waals surface area contributed by atoms with Crippen LogP contribution >= 0.6 is 0 Å². The van der Waals surface area contributed by atoms with E-state index < -0.39 is 17.3 Å². The second-order valence-corrected chi connectivity index (χ2v) is 5.82. The normalized spacial score (nSPS) is 10.8. The molecule has 0 aliphatic carbocycles. The Balaban J connectivity index is 2.71. The largest absolute Gasteiger partial charge is 0.493 e. The first-order chi connectivity index (χ1) is 11.2. The van der Waals surface area contributed by atoms with Crippen LogP contribution in [0.1, 0.15) is 30.6 Å². The molecule has 8 heteroatoms. The Morgan fingerprint density at radius 2 is 1.92 bits per heavy atom. The summed E-state index contributed by atoms with van der Waals surface area (Å²) in [7, 11) is 1.41. The van der Waals surface area contributed by atoms with Crippen molar-refractivity contribution in [1.82, 2.24) is 5.32 Å². The van der Waals surface area contributed by atoms with Gasteiger partial charge >= 0.3 is 5.97 Å². The lowest BCUT2D eigenvalue weighted by Gasteiger charge is -2.19. The van der Waals surface area contributed by atoms with Crippen molar-refractivity contribution in [2.45, 2.75) is 20.3 Å². The molecule has 0 aromatic heterocycles. The number of carbonyl (C=O) groups is 3. The molecule has 0 saturated carbocycles. The van der Waals surface area contributed by atoms with Crippen molar-refractivity contribution in [3.8, 4) is 11.5 Å². The molecule has 1 aromatic carbocycles. The number of benzene rings is 1. The van der Waals surface area contributed by atoms with Gasteiger partial charge in [0.15, 0.2) is 18.1 Å². The number of rotatable bonds is 9. The third-order valence-electron chi connectivity index (χ3n) is 3.41. The molecule has 2 amide bonds. The minimum Gasteiger partial charge on any atom is -0.493 e. The Kier molecular flexibility index (Phi) is 6.58. The third-order valence-corrected chi connectivity index (χ3v) is 3.41. The van der Waals surface area contributed by atoms with Crippen LogP contribution in [0.3, 0.4) is 0 Å². The summed E-state index contributed by atoms with van der Waals surface area (Å²) in [5.74, 6) is -1.33. The summed E-state index contributed by atoms with van der Waals surface area (Å²) in [5, 5.41) is 11.7. The van der Waals surface area contributed by atoms with Gasteiger partial charge in [-0.05, 0) is 38.5 Å². The molecule has 0 saturated heterocycles. The quantitative estimate of drug-likeness (QED) is 0.611.